The van der Waals surface area contributed by atoms with Crippen LogP contribution in [-0.2, 0) is 0 Å². The fourth-order valence-electron chi connectivity index (χ4n) is 2.34. The van der Waals surface area contributed by atoms with Crippen LogP contribution in [0.3, 0.4) is 0 Å². The van der Waals surface area contributed by atoms with Gasteiger partial charge in [0.2, 0.25) is 0 Å². The van der Waals surface area contributed by atoms with E-state index in [-0.39, 0.29) is 11.3 Å². The Labute approximate surface area is 137 Å². The zero-order valence-corrected chi connectivity index (χ0v) is 12.6. The highest BCUT2D eigenvalue weighted by atomic mass is 16.3. The number of anilines is 3. The molecule has 0 unspecified atom stereocenters. The minimum absolute atomic E-state index is 0.00437. The van der Waals surface area contributed by atoms with Gasteiger partial charge in [-0.1, -0.05) is 18.2 Å². The second-order valence-corrected chi connectivity index (χ2v) is 5.16. The highest BCUT2D eigenvalue weighted by Gasteiger charge is 2.22. The van der Waals surface area contributed by atoms with E-state index in [1.165, 1.54) is 11.1 Å². The van der Waals surface area contributed by atoms with Crippen LogP contribution >= 0.6 is 0 Å². The molecule has 1 amide bonds. The van der Waals surface area contributed by atoms with Crippen LogP contribution in [0.1, 0.15) is 10.4 Å². The number of pyridine rings is 1. The summed E-state index contributed by atoms with van der Waals surface area (Å²) in [5.41, 5.74) is 7.01. The molecule has 0 saturated heterocycles. The number of hydrogen-bond acceptors (Lipinski definition) is 4. The highest BCUT2D eigenvalue weighted by Crippen LogP contribution is 2.29. The van der Waals surface area contributed by atoms with E-state index in [9.17, 15) is 14.7 Å². The Hall–Kier alpha value is -3.54. The maximum absolute atomic E-state index is 13.0. The molecule has 2 aromatic carbocycles. The highest BCUT2D eigenvalue weighted by molar-refractivity contribution is 6.12. The lowest BCUT2D eigenvalue weighted by Crippen LogP contribution is -2.26. The lowest BCUT2D eigenvalue weighted by molar-refractivity contribution is 0.0996. The fraction of sp³-hybridized carbons (Fsp3) is 0. The molecule has 0 fully saturated rings. The summed E-state index contributed by atoms with van der Waals surface area (Å²) >= 11 is 0. The van der Waals surface area contributed by atoms with Gasteiger partial charge in [-0.05, 0) is 36.4 Å². The van der Waals surface area contributed by atoms with Gasteiger partial charge in [0.1, 0.15) is 5.75 Å². The number of aromatic nitrogens is 1. The normalized spacial score (nSPS) is 10.3. The van der Waals surface area contributed by atoms with Crippen molar-refractivity contribution < 1.29 is 9.90 Å². The number of aromatic amines is 1. The van der Waals surface area contributed by atoms with Crippen molar-refractivity contribution in [2.45, 2.75) is 0 Å². The van der Waals surface area contributed by atoms with E-state index in [0.29, 0.717) is 17.1 Å². The first-order chi connectivity index (χ1) is 11.6. The molecule has 0 aliphatic carbocycles. The van der Waals surface area contributed by atoms with Crippen molar-refractivity contribution in [3.63, 3.8) is 0 Å². The Morgan fingerprint density at radius 1 is 1.00 bits per heavy atom. The second kappa shape index (κ2) is 6.29. The summed E-state index contributed by atoms with van der Waals surface area (Å²) in [7, 11) is 0. The number of carbonyl (C=O) groups is 1. The van der Waals surface area contributed by atoms with Crippen LogP contribution in [0.2, 0.25) is 0 Å². The number of benzene rings is 2. The molecule has 0 aliphatic rings. The predicted octanol–water partition coefficient (Wildman–Crippen LogP) is 2.64. The Morgan fingerprint density at radius 2 is 1.62 bits per heavy atom. The first kappa shape index (κ1) is 15.4. The molecule has 3 rings (SSSR count). The maximum atomic E-state index is 13.0. The summed E-state index contributed by atoms with van der Waals surface area (Å²) in [6.45, 7) is 0. The fourth-order valence-corrected chi connectivity index (χ4v) is 2.34. The summed E-state index contributed by atoms with van der Waals surface area (Å²) in [6.07, 6.45) is 1.20. The van der Waals surface area contributed by atoms with Crippen molar-refractivity contribution in [2.75, 3.05) is 10.6 Å². The number of nitrogens with zero attached hydrogens (tertiary/aromatic N) is 1. The van der Waals surface area contributed by atoms with Crippen molar-refractivity contribution >= 4 is 23.0 Å². The Bertz CT molecular complexity index is 918. The molecule has 4 N–H and O–H groups in total. The Balaban J connectivity index is 2.12. The smallest absolute Gasteiger partial charge is 0.268 e. The zero-order valence-electron chi connectivity index (χ0n) is 12.6. The van der Waals surface area contributed by atoms with Crippen LogP contribution in [0.5, 0.6) is 5.75 Å². The van der Waals surface area contributed by atoms with E-state index in [4.69, 9.17) is 5.73 Å². The van der Waals surface area contributed by atoms with Crippen LogP contribution in [-0.4, -0.2) is 16.0 Å². The van der Waals surface area contributed by atoms with E-state index >= 15 is 0 Å². The zero-order chi connectivity index (χ0) is 17.1. The Kier molecular flexibility index (Phi) is 4.03. The number of amides is 1. The van der Waals surface area contributed by atoms with Gasteiger partial charge >= 0.3 is 0 Å². The molecule has 0 aliphatic heterocycles. The molecule has 0 spiro atoms. The molecule has 0 bridgehead atoms. The molecule has 6 heteroatoms. The van der Waals surface area contributed by atoms with E-state index in [1.807, 2.05) is 6.07 Å². The third-order valence-electron chi connectivity index (χ3n) is 3.50. The molecular formula is C18H15N3O3. The molecule has 24 heavy (non-hydrogen) atoms. The van der Waals surface area contributed by atoms with Gasteiger partial charge in [-0.3, -0.25) is 14.5 Å². The number of rotatable bonds is 3. The van der Waals surface area contributed by atoms with Crippen LogP contribution in [0, 0.1) is 0 Å². The van der Waals surface area contributed by atoms with E-state index in [0.717, 1.165) is 6.07 Å². The lowest BCUT2D eigenvalue weighted by Gasteiger charge is -2.23. The molecule has 3 aromatic rings. The van der Waals surface area contributed by atoms with Crippen LogP contribution in [0.25, 0.3) is 0 Å². The molecule has 6 nitrogen and oxygen atoms in total. The van der Waals surface area contributed by atoms with Gasteiger partial charge in [0.15, 0.2) is 0 Å². The van der Waals surface area contributed by atoms with Crippen molar-refractivity contribution in [1.82, 2.24) is 4.98 Å². The number of H-pyrrole nitrogens is 1. The minimum atomic E-state index is -0.484. The number of para-hydroxylation sites is 1. The number of aromatic hydroxyl groups is 1. The van der Waals surface area contributed by atoms with Crippen LogP contribution in [0.4, 0.5) is 17.1 Å². The number of nitrogens with one attached hydrogen (secondary N) is 1. The molecule has 120 valence electrons. The third-order valence-corrected chi connectivity index (χ3v) is 3.50. The van der Waals surface area contributed by atoms with Gasteiger partial charge in [-0.2, -0.15) is 0 Å². The topological polar surface area (TPSA) is 99.4 Å². The molecule has 1 heterocycles. The minimum Gasteiger partial charge on any atom is -0.507 e. The summed E-state index contributed by atoms with van der Waals surface area (Å²) in [6, 6.07) is 16.8. The van der Waals surface area contributed by atoms with Gasteiger partial charge < -0.3 is 15.8 Å². The second-order valence-electron chi connectivity index (χ2n) is 5.16. The van der Waals surface area contributed by atoms with E-state index < -0.39 is 11.5 Å². The quantitative estimate of drug-likeness (QED) is 0.646. The van der Waals surface area contributed by atoms with Gasteiger partial charge in [-0.15, -0.1) is 0 Å². The average molecular weight is 321 g/mol. The lowest BCUT2D eigenvalue weighted by atomic mass is 10.1. The summed E-state index contributed by atoms with van der Waals surface area (Å²) in [5.74, 6) is -0.847. The van der Waals surface area contributed by atoms with Gasteiger partial charge in [0.05, 0.1) is 5.56 Å². The standard InChI is InChI=1S/C18H15N3O3/c19-12-6-8-14(9-7-12)21(13-4-2-1-3-5-13)18(24)15-11-20-17(23)10-16(15)22/h1-11H,19H2,(H2,20,22,23). The summed E-state index contributed by atoms with van der Waals surface area (Å²) in [5, 5.41) is 9.96. The molecule has 1 aromatic heterocycles. The molecule has 0 saturated carbocycles. The van der Waals surface area contributed by atoms with Crippen LogP contribution in [0.15, 0.2) is 71.7 Å². The van der Waals surface area contributed by atoms with Gasteiger partial charge in [0.25, 0.3) is 11.5 Å². The summed E-state index contributed by atoms with van der Waals surface area (Å²) in [4.78, 5) is 28.1. The van der Waals surface area contributed by atoms with Gasteiger partial charge in [0, 0.05) is 29.3 Å². The monoisotopic (exact) mass is 321 g/mol. The van der Waals surface area contributed by atoms with E-state index in [2.05, 4.69) is 4.98 Å². The number of carbonyl (C=O) groups excluding carboxylic acids is 1. The third kappa shape index (κ3) is 2.98. The van der Waals surface area contributed by atoms with Crippen LogP contribution < -0.4 is 16.2 Å². The van der Waals surface area contributed by atoms with Gasteiger partial charge in [-0.25, -0.2) is 0 Å². The van der Waals surface area contributed by atoms with Crippen molar-refractivity contribution in [2.24, 2.45) is 0 Å². The largest absolute Gasteiger partial charge is 0.507 e. The van der Waals surface area contributed by atoms with Crippen molar-refractivity contribution in [1.29, 1.82) is 0 Å². The number of nitrogens with two attached hydrogens (primary N) is 1. The number of nitrogen functional groups attached to an aromatic ring is 1. The SMILES string of the molecule is Nc1ccc(N(C(=O)c2c[nH]c(=O)cc2O)c2ccccc2)cc1. The van der Waals surface area contributed by atoms with E-state index in [1.54, 1.807) is 48.5 Å². The first-order valence-electron chi connectivity index (χ1n) is 7.23. The van der Waals surface area contributed by atoms with Crippen molar-refractivity contribution in [3.05, 3.63) is 82.8 Å². The molecular weight excluding hydrogens is 306 g/mol. The Morgan fingerprint density at radius 3 is 2.25 bits per heavy atom. The molecule has 0 atom stereocenters. The average Bonchev–Trinajstić information content (AvgIpc) is 2.58. The summed E-state index contributed by atoms with van der Waals surface area (Å²) < 4.78 is 0. The first-order valence-corrected chi connectivity index (χ1v) is 7.23. The predicted molar refractivity (Wildman–Crippen MR) is 92.5 cm³/mol. The molecule has 0 radical (unpaired) electrons. The number of hydrogen-bond donors (Lipinski definition) is 3. The maximum Gasteiger partial charge on any atom is 0.268 e. The van der Waals surface area contributed by atoms with Crippen molar-refractivity contribution in [3.8, 4) is 5.75 Å².